The van der Waals surface area contributed by atoms with E-state index in [9.17, 15) is 14.3 Å². The highest BCUT2D eigenvalue weighted by molar-refractivity contribution is 6.36. The van der Waals surface area contributed by atoms with Crippen molar-refractivity contribution >= 4 is 46.4 Å². The number of carboxylic acids is 1. The van der Waals surface area contributed by atoms with Crippen molar-refractivity contribution in [2.45, 2.75) is 32.6 Å². The van der Waals surface area contributed by atoms with Crippen LogP contribution < -0.4 is 0 Å². The zero-order chi connectivity index (χ0) is 26.8. The molecule has 3 aromatic rings. The molecule has 3 nitrogen and oxygen atoms in total. The number of rotatable bonds is 7. The third kappa shape index (κ3) is 5.58. The van der Waals surface area contributed by atoms with Crippen LogP contribution in [0.25, 0.3) is 17.2 Å². The minimum Gasteiger partial charge on any atom is -0.478 e. The van der Waals surface area contributed by atoms with Gasteiger partial charge in [0.15, 0.2) is 0 Å². The predicted octanol–water partition coefficient (Wildman–Crippen LogP) is 8.35. The topological polar surface area (TPSA) is 40.5 Å². The Hall–Kier alpha value is -2.92. The predicted molar refractivity (Wildman–Crippen MR) is 155 cm³/mol. The van der Waals surface area contributed by atoms with E-state index in [1.54, 1.807) is 18.2 Å². The molecule has 0 amide bonds. The smallest absolute Gasteiger partial charge is 0.335 e. The van der Waals surface area contributed by atoms with E-state index in [0.29, 0.717) is 22.0 Å². The number of likely N-dealkylation sites (tertiary alicyclic amines) is 1. The van der Waals surface area contributed by atoms with Crippen LogP contribution in [0.15, 0.2) is 60.2 Å². The lowest BCUT2D eigenvalue weighted by atomic mass is 9.86. The lowest BCUT2D eigenvalue weighted by Gasteiger charge is -2.34. The average molecular weight is 551 g/mol. The zero-order valence-electron chi connectivity index (χ0n) is 21.4. The number of hydrogen-bond donors (Lipinski definition) is 1. The number of allylic oxidation sites excluding steroid dienone is 1. The van der Waals surface area contributed by atoms with E-state index in [-0.39, 0.29) is 6.67 Å². The van der Waals surface area contributed by atoms with Gasteiger partial charge in [-0.2, -0.15) is 0 Å². The van der Waals surface area contributed by atoms with Gasteiger partial charge in [0.2, 0.25) is 0 Å². The van der Waals surface area contributed by atoms with Crippen molar-refractivity contribution in [3.05, 3.63) is 109 Å². The number of halogens is 3. The molecule has 1 saturated heterocycles. The van der Waals surface area contributed by atoms with Crippen molar-refractivity contribution in [2.75, 3.05) is 26.3 Å². The summed E-state index contributed by atoms with van der Waals surface area (Å²) in [7, 11) is 0. The van der Waals surface area contributed by atoms with E-state index < -0.39 is 5.97 Å². The van der Waals surface area contributed by atoms with Gasteiger partial charge in [-0.1, -0.05) is 59.6 Å². The molecule has 1 fully saturated rings. The Morgan fingerprint density at radius 3 is 2.53 bits per heavy atom. The number of alkyl halides is 1. The molecule has 1 N–H and O–H groups in total. The molecule has 6 heteroatoms. The maximum atomic E-state index is 12.5. The molecule has 0 spiro atoms. The summed E-state index contributed by atoms with van der Waals surface area (Å²) >= 11 is 12.9. The third-order valence-corrected chi connectivity index (χ3v) is 7.98. The Balaban J connectivity index is 1.59. The van der Waals surface area contributed by atoms with Gasteiger partial charge in [-0.05, 0) is 107 Å². The van der Waals surface area contributed by atoms with Gasteiger partial charge in [-0.3, -0.25) is 9.29 Å². The van der Waals surface area contributed by atoms with Gasteiger partial charge < -0.3 is 5.11 Å². The molecular weight excluding hydrogens is 520 g/mol. The van der Waals surface area contributed by atoms with E-state index in [2.05, 4.69) is 36.1 Å². The molecule has 1 aliphatic heterocycles. The summed E-state index contributed by atoms with van der Waals surface area (Å²) in [5.74, 6) is -0.920. The van der Waals surface area contributed by atoms with E-state index in [0.717, 1.165) is 72.3 Å². The first-order valence-corrected chi connectivity index (χ1v) is 13.7. The van der Waals surface area contributed by atoms with Crippen LogP contribution >= 0.6 is 23.2 Å². The molecule has 0 atom stereocenters. The second kappa shape index (κ2) is 11.4. The lowest BCUT2D eigenvalue weighted by molar-refractivity contribution is 0.0696. The first-order valence-electron chi connectivity index (χ1n) is 13.0. The minimum atomic E-state index is -0.920. The molecule has 0 aromatic heterocycles. The quantitative estimate of drug-likeness (QED) is 0.321. The summed E-state index contributed by atoms with van der Waals surface area (Å²) in [4.78, 5) is 14.0. The number of aryl methyl sites for hydroxylation is 2. The van der Waals surface area contributed by atoms with Crippen molar-refractivity contribution in [3.8, 4) is 0 Å². The number of carbonyl (C=O) groups is 1. The second-order valence-electron chi connectivity index (χ2n) is 10.1. The van der Waals surface area contributed by atoms with Crippen LogP contribution in [0.4, 0.5) is 4.39 Å². The average Bonchev–Trinajstić information content (AvgIpc) is 3.05. The fourth-order valence-electron chi connectivity index (χ4n) is 5.53. The van der Waals surface area contributed by atoms with Crippen molar-refractivity contribution in [3.63, 3.8) is 0 Å². The Morgan fingerprint density at radius 2 is 1.82 bits per heavy atom. The number of carboxylic acid groups (broad SMARTS) is 1. The monoisotopic (exact) mass is 549 g/mol. The van der Waals surface area contributed by atoms with Crippen LogP contribution in [-0.4, -0.2) is 42.3 Å². The van der Waals surface area contributed by atoms with E-state index >= 15 is 0 Å². The summed E-state index contributed by atoms with van der Waals surface area (Å²) in [6.07, 6.45) is 5.32. The molecule has 38 heavy (non-hydrogen) atoms. The number of benzene rings is 3. The summed E-state index contributed by atoms with van der Waals surface area (Å²) in [5, 5.41) is 10.8. The fraction of sp³-hybridized carbons (Fsp3) is 0.281. The van der Waals surface area contributed by atoms with Gasteiger partial charge in [0.25, 0.3) is 0 Å². The van der Waals surface area contributed by atoms with Crippen LogP contribution in [0.1, 0.15) is 63.0 Å². The molecule has 0 saturated carbocycles. The molecule has 0 unspecified atom stereocenters. The molecule has 5 rings (SSSR count). The van der Waals surface area contributed by atoms with Gasteiger partial charge in [-0.15, -0.1) is 0 Å². The Morgan fingerprint density at radius 1 is 1.03 bits per heavy atom. The summed E-state index contributed by atoms with van der Waals surface area (Å²) in [6, 6.07) is 17.6. The van der Waals surface area contributed by atoms with E-state index in [4.69, 9.17) is 23.2 Å². The molecule has 1 heterocycles. The molecular formula is C32H30Cl2FNO2. The fourth-order valence-corrected chi connectivity index (χ4v) is 6.05. The molecule has 2 aliphatic rings. The van der Waals surface area contributed by atoms with Gasteiger partial charge in [0.05, 0.1) is 12.2 Å². The maximum absolute atomic E-state index is 12.5. The van der Waals surface area contributed by atoms with Crippen molar-refractivity contribution in [1.29, 1.82) is 0 Å². The summed E-state index contributed by atoms with van der Waals surface area (Å²) in [5.41, 5.74) is 10.3. The van der Waals surface area contributed by atoms with Crippen LogP contribution in [0.3, 0.4) is 0 Å². The van der Waals surface area contributed by atoms with Crippen LogP contribution in [-0.2, 0) is 6.42 Å². The molecule has 3 aromatic carbocycles. The Kier molecular flexibility index (Phi) is 8.04. The lowest BCUT2D eigenvalue weighted by Crippen LogP contribution is -2.40. The first kappa shape index (κ1) is 26.7. The maximum Gasteiger partial charge on any atom is 0.335 e. The third-order valence-electron chi connectivity index (χ3n) is 7.43. The van der Waals surface area contributed by atoms with Crippen molar-refractivity contribution < 1.29 is 14.3 Å². The zero-order valence-corrected chi connectivity index (χ0v) is 22.9. The van der Waals surface area contributed by atoms with Crippen molar-refractivity contribution in [1.82, 2.24) is 4.90 Å². The number of fused-ring (bicyclic) bond motifs is 1. The van der Waals surface area contributed by atoms with Gasteiger partial charge in [0, 0.05) is 29.7 Å². The first-order chi connectivity index (χ1) is 18.3. The second-order valence-corrected chi connectivity index (χ2v) is 11.0. The van der Waals surface area contributed by atoms with Gasteiger partial charge in [-0.25, -0.2) is 4.79 Å². The van der Waals surface area contributed by atoms with Crippen molar-refractivity contribution in [2.24, 2.45) is 0 Å². The molecule has 1 aliphatic carbocycles. The largest absolute Gasteiger partial charge is 0.478 e. The summed E-state index contributed by atoms with van der Waals surface area (Å²) < 4.78 is 12.5. The van der Waals surface area contributed by atoms with Crippen LogP contribution in [0, 0.1) is 6.92 Å². The Labute approximate surface area is 233 Å². The molecule has 0 radical (unpaired) electrons. The van der Waals surface area contributed by atoms with Crippen LogP contribution in [0.5, 0.6) is 0 Å². The molecule has 196 valence electrons. The van der Waals surface area contributed by atoms with Gasteiger partial charge in [0.1, 0.15) is 0 Å². The highest BCUT2D eigenvalue weighted by Gasteiger charge is 2.24. The number of aromatic carboxylic acids is 1. The van der Waals surface area contributed by atoms with E-state index in [1.807, 2.05) is 18.2 Å². The SMILES string of the molecule is Cc1cc(C2=C(c3ccc(Cl)cc3Cl)CCCc3cc(C(=O)O)ccc32)ccc1C=C1CN(CCCF)C1. The van der Waals surface area contributed by atoms with E-state index in [1.165, 1.54) is 16.7 Å². The highest BCUT2D eigenvalue weighted by atomic mass is 35.5. The molecule has 0 bridgehead atoms. The van der Waals surface area contributed by atoms with Gasteiger partial charge >= 0.3 is 5.97 Å². The number of hydrogen-bond acceptors (Lipinski definition) is 2. The Bertz CT molecular complexity index is 1450. The normalized spacial score (nSPS) is 15.6. The summed E-state index contributed by atoms with van der Waals surface area (Å²) in [6.45, 7) is 4.45. The highest BCUT2D eigenvalue weighted by Crippen LogP contribution is 2.43. The number of nitrogens with zero attached hydrogens (tertiary/aromatic N) is 1. The standard InChI is InChI=1S/C32H30Cl2FNO2/c1-20-14-24(7-6-22(20)15-21-18-36(19-21)13-3-12-35)31-27-10-8-25(32(37)38)16-23(27)4-2-5-29(31)28-11-9-26(33)17-30(28)34/h6-11,14-17H,2-5,12-13,18-19H2,1H3,(H,37,38). The minimum absolute atomic E-state index is 0.268. The van der Waals surface area contributed by atoms with Crippen LogP contribution in [0.2, 0.25) is 10.0 Å².